The highest BCUT2D eigenvalue weighted by Gasteiger charge is 2.23. The Kier molecular flexibility index (Phi) is 4.71. The number of hydrogen-bond donors (Lipinski definition) is 1. The molecule has 1 aromatic carbocycles. The molecule has 134 valence electrons. The molecule has 3 aromatic rings. The number of nitrogen functional groups attached to an aromatic ring is 1. The molecule has 1 aliphatic rings. The number of benzene rings is 1. The molecule has 6 nitrogen and oxygen atoms in total. The lowest BCUT2D eigenvalue weighted by molar-refractivity contribution is -0.131. The molecule has 1 fully saturated rings. The zero-order valence-corrected chi connectivity index (χ0v) is 15.3. The van der Waals surface area contributed by atoms with Crippen LogP contribution in [0.25, 0.3) is 10.2 Å². The van der Waals surface area contributed by atoms with Gasteiger partial charge in [-0.3, -0.25) is 4.79 Å². The Morgan fingerprint density at radius 2 is 1.85 bits per heavy atom. The number of aromatic nitrogens is 2. The summed E-state index contributed by atoms with van der Waals surface area (Å²) in [7, 11) is 0. The Balaban J connectivity index is 1.37. The molecule has 3 heterocycles. The van der Waals surface area contributed by atoms with E-state index in [0.29, 0.717) is 25.5 Å². The highest BCUT2D eigenvalue weighted by atomic mass is 32.1. The number of piperazine rings is 1. The third kappa shape index (κ3) is 3.48. The Morgan fingerprint density at radius 1 is 1.08 bits per heavy atom. The molecule has 1 aliphatic heterocycles. The van der Waals surface area contributed by atoms with Crippen LogP contribution in [-0.2, 0) is 11.2 Å². The predicted molar refractivity (Wildman–Crippen MR) is 105 cm³/mol. The van der Waals surface area contributed by atoms with Crippen LogP contribution in [0.15, 0.2) is 41.8 Å². The van der Waals surface area contributed by atoms with Gasteiger partial charge in [-0.05, 0) is 23.4 Å². The normalized spacial score (nSPS) is 14.8. The molecular weight excluding hydrogens is 346 g/mol. The minimum absolute atomic E-state index is 0.219. The van der Waals surface area contributed by atoms with Crippen LogP contribution >= 0.6 is 11.3 Å². The monoisotopic (exact) mass is 367 g/mol. The van der Waals surface area contributed by atoms with Crippen LogP contribution < -0.4 is 10.6 Å². The van der Waals surface area contributed by atoms with E-state index < -0.39 is 0 Å². The summed E-state index contributed by atoms with van der Waals surface area (Å²) in [6.45, 7) is 2.95. The molecule has 2 aromatic heterocycles. The number of fused-ring (bicyclic) bond motifs is 1. The second kappa shape index (κ2) is 7.29. The lowest BCUT2D eigenvalue weighted by Gasteiger charge is -2.35. The first-order valence-electron chi connectivity index (χ1n) is 8.78. The van der Waals surface area contributed by atoms with Crippen molar-refractivity contribution < 1.29 is 4.79 Å². The molecule has 1 amide bonds. The van der Waals surface area contributed by atoms with Gasteiger partial charge in [0.25, 0.3) is 0 Å². The van der Waals surface area contributed by atoms with E-state index in [1.165, 1.54) is 5.56 Å². The number of hydrogen-bond acceptors (Lipinski definition) is 6. The topological polar surface area (TPSA) is 75.3 Å². The summed E-state index contributed by atoms with van der Waals surface area (Å²) in [5, 5.41) is 3.04. The number of thiophene rings is 1. The maximum atomic E-state index is 12.5. The summed E-state index contributed by atoms with van der Waals surface area (Å²) in [5.41, 5.74) is 7.06. The number of aryl methyl sites for hydroxylation is 1. The Bertz CT molecular complexity index is 903. The maximum Gasteiger partial charge on any atom is 0.223 e. The molecule has 7 heteroatoms. The number of rotatable bonds is 4. The first-order valence-corrected chi connectivity index (χ1v) is 9.66. The first-order chi connectivity index (χ1) is 12.7. The van der Waals surface area contributed by atoms with Gasteiger partial charge in [-0.1, -0.05) is 30.3 Å². The quantitative estimate of drug-likeness (QED) is 0.767. The third-order valence-electron chi connectivity index (χ3n) is 4.72. The van der Waals surface area contributed by atoms with Crippen molar-refractivity contribution in [2.24, 2.45) is 0 Å². The molecule has 0 spiro atoms. The Hall–Kier alpha value is -2.67. The van der Waals surface area contributed by atoms with Gasteiger partial charge in [0.1, 0.15) is 10.6 Å². The van der Waals surface area contributed by atoms with E-state index >= 15 is 0 Å². The van der Waals surface area contributed by atoms with Gasteiger partial charge in [0.15, 0.2) is 0 Å². The summed E-state index contributed by atoms with van der Waals surface area (Å²) >= 11 is 1.57. The summed E-state index contributed by atoms with van der Waals surface area (Å²) in [6.07, 6.45) is 1.34. The van der Waals surface area contributed by atoms with Crippen molar-refractivity contribution in [2.45, 2.75) is 12.8 Å². The van der Waals surface area contributed by atoms with Crippen molar-refractivity contribution in [1.82, 2.24) is 14.9 Å². The summed E-state index contributed by atoms with van der Waals surface area (Å²) in [4.78, 5) is 26.3. The molecule has 1 saturated heterocycles. The molecule has 0 unspecified atom stereocenters. The van der Waals surface area contributed by atoms with Crippen LogP contribution in [0.2, 0.25) is 0 Å². The zero-order valence-electron chi connectivity index (χ0n) is 14.5. The van der Waals surface area contributed by atoms with Gasteiger partial charge in [0, 0.05) is 32.6 Å². The van der Waals surface area contributed by atoms with Crippen LogP contribution in [0.5, 0.6) is 0 Å². The molecule has 0 bridgehead atoms. The fraction of sp³-hybridized carbons (Fsp3) is 0.316. The summed E-state index contributed by atoms with van der Waals surface area (Å²) in [5.74, 6) is 1.40. The summed E-state index contributed by atoms with van der Waals surface area (Å²) < 4.78 is 0. The number of carbonyl (C=O) groups is 1. The second-order valence-electron chi connectivity index (χ2n) is 6.40. The molecular formula is C19H21N5OS. The minimum atomic E-state index is 0.219. The van der Waals surface area contributed by atoms with Crippen LogP contribution in [0.3, 0.4) is 0 Å². The van der Waals surface area contributed by atoms with Crippen molar-refractivity contribution in [2.75, 3.05) is 36.8 Å². The van der Waals surface area contributed by atoms with Gasteiger partial charge in [0.2, 0.25) is 11.9 Å². The molecule has 0 radical (unpaired) electrons. The van der Waals surface area contributed by atoms with E-state index in [9.17, 15) is 4.79 Å². The van der Waals surface area contributed by atoms with Crippen molar-refractivity contribution in [3.63, 3.8) is 0 Å². The first kappa shape index (κ1) is 16.8. The highest BCUT2D eigenvalue weighted by Crippen LogP contribution is 2.29. The van der Waals surface area contributed by atoms with E-state index in [2.05, 4.69) is 27.0 Å². The number of amides is 1. The lowest BCUT2D eigenvalue weighted by atomic mass is 10.1. The fourth-order valence-electron chi connectivity index (χ4n) is 3.32. The van der Waals surface area contributed by atoms with E-state index in [1.807, 2.05) is 34.5 Å². The van der Waals surface area contributed by atoms with E-state index in [4.69, 9.17) is 5.73 Å². The highest BCUT2D eigenvalue weighted by molar-refractivity contribution is 7.16. The Morgan fingerprint density at radius 3 is 2.62 bits per heavy atom. The van der Waals surface area contributed by atoms with Crippen LogP contribution in [-0.4, -0.2) is 47.0 Å². The van der Waals surface area contributed by atoms with Crippen LogP contribution in [0.1, 0.15) is 12.0 Å². The standard InChI is InChI=1S/C19H21N5OS/c20-19-21-17(15-8-13-26-18(15)22-19)24-11-9-23(10-12-24)16(25)7-6-14-4-2-1-3-5-14/h1-5,8,13H,6-7,9-12H2,(H2,20,21,22). The van der Waals surface area contributed by atoms with Gasteiger partial charge in [-0.15, -0.1) is 11.3 Å². The predicted octanol–water partition coefficient (Wildman–Crippen LogP) is 2.55. The molecule has 0 saturated carbocycles. The average Bonchev–Trinajstić information content (AvgIpc) is 3.15. The SMILES string of the molecule is Nc1nc(N2CCN(C(=O)CCc3ccccc3)CC2)c2ccsc2n1. The third-order valence-corrected chi connectivity index (χ3v) is 5.53. The van der Waals surface area contributed by atoms with Gasteiger partial charge < -0.3 is 15.5 Å². The molecule has 0 atom stereocenters. The van der Waals surface area contributed by atoms with E-state index in [0.717, 1.165) is 35.5 Å². The van der Waals surface area contributed by atoms with Crippen molar-refractivity contribution in [1.29, 1.82) is 0 Å². The van der Waals surface area contributed by atoms with E-state index in [1.54, 1.807) is 11.3 Å². The van der Waals surface area contributed by atoms with Crippen LogP contribution in [0.4, 0.5) is 11.8 Å². The number of anilines is 2. The number of nitrogens with zero attached hydrogens (tertiary/aromatic N) is 4. The molecule has 4 rings (SSSR count). The fourth-order valence-corrected chi connectivity index (χ4v) is 4.08. The van der Waals surface area contributed by atoms with Gasteiger partial charge in [-0.2, -0.15) is 4.98 Å². The van der Waals surface area contributed by atoms with Crippen molar-refractivity contribution >= 4 is 39.2 Å². The summed E-state index contributed by atoms with van der Waals surface area (Å²) in [6, 6.07) is 12.2. The Labute approximate surface area is 156 Å². The lowest BCUT2D eigenvalue weighted by Crippen LogP contribution is -2.49. The van der Waals surface area contributed by atoms with Crippen molar-refractivity contribution in [3.8, 4) is 0 Å². The molecule has 26 heavy (non-hydrogen) atoms. The van der Waals surface area contributed by atoms with Gasteiger partial charge >= 0.3 is 0 Å². The van der Waals surface area contributed by atoms with Gasteiger partial charge in [0.05, 0.1) is 5.39 Å². The van der Waals surface area contributed by atoms with Crippen LogP contribution in [0, 0.1) is 0 Å². The van der Waals surface area contributed by atoms with Crippen molar-refractivity contribution in [3.05, 3.63) is 47.3 Å². The maximum absolute atomic E-state index is 12.5. The minimum Gasteiger partial charge on any atom is -0.368 e. The number of nitrogens with two attached hydrogens (primary N) is 1. The smallest absolute Gasteiger partial charge is 0.223 e. The zero-order chi connectivity index (χ0) is 17.9. The van der Waals surface area contributed by atoms with Gasteiger partial charge in [-0.25, -0.2) is 4.98 Å². The molecule has 2 N–H and O–H groups in total. The average molecular weight is 367 g/mol. The largest absolute Gasteiger partial charge is 0.368 e. The van der Waals surface area contributed by atoms with E-state index in [-0.39, 0.29) is 5.91 Å². The molecule has 0 aliphatic carbocycles. The number of carbonyl (C=O) groups excluding carboxylic acids is 1. The second-order valence-corrected chi connectivity index (χ2v) is 7.29.